The van der Waals surface area contributed by atoms with E-state index >= 15 is 0 Å². The Morgan fingerprint density at radius 2 is 1.88 bits per heavy atom. The minimum absolute atomic E-state index is 0.624. The zero-order chi connectivity index (χ0) is 13.3. The fourth-order valence-electron chi connectivity index (χ4n) is 1.92. The summed E-state index contributed by atoms with van der Waals surface area (Å²) in [5.74, 6) is 2.04. The van der Waals surface area contributed by atoms with E-state index in [-0.39, 0.29) is 0 Å². The van der Waals surface area contributed by atoms with Gasteiger partial charge in [-0.25, -0.2) is 0 Å². The number of hydrogen-bond donors (Lipinski definition) is 1. The molecule has 0 heterocycles. The van der Waals surface area contributed by atoms with E-state index < -0.39 is 0 Å². The average Bonchev–Trinajstić information content (AvgIpc) is 2.30. The molecule has 0 aromatic rings. The zero-order valence-corrected chi connectivity index (χ0v) is 13.4. The van der Waals surface area contributed by atoms with Crippen molar-refractivity contribution in [2.45, 2.75) is 52.6 Å². The van der Waals surface area contributed by atoms with Crippen LogP contribution in [0.5, 0.6) is 0 Å². The summed E-state index contributed by atoms with van der Waals surface area (Å²) in [7, 11) is 2.26. The second-order valence-corrected chi connectivity index (χ2v) is 6.33. The normalized spacial score (nSPS) is 15.5. The minimum Gasteiger partial charge on any atom is -0.315 e. The molecule has 0 aliphatic carbocycles. The molecule has 0 rings (SSSR count). The summed E-state index contributed by atoms with van der Waals surface area (Å²) in [6, 6.07) is 1.34. The van der Waals surface area contributed by atoms with Crippen molar-refractivity contribution in [3.8, 4) is 0 Å². The Hall–Kier alpha value is 0.270. The molecule has 0 saturated carbocycles. The van der Waals surface area contributed by atoms with Gasteiger partial charge >= 0.3 is 0 Å². The second kappa shape index (κ2) is 10.2. The van der Waals surface area contributed by atoms with Gasteiger partial charge < -0.3 is 5.32 Å². The molecule has 104 valence electrons. The summed E-state index contributed by atoms with van der Waals surface area (Å²) in [6.45, 7) is 11.4. The van der Waals surface area contributed by atoms with Crippen molar-refractivity contribution in [3.63, 3.8) is 0 Å². The molecule has 1 N–H and O–H groups in total. The van der Waals surface area contributed by atoms with Gasteiger partial charge in [0.1, 0.15) is 0 Å². The molecule has 0 aliphatic heterocycles. The Labute approximate surface area is 113 Å². The van der Waals surface area contributed by atoms with Gasteiger partial charge in [0.05, 0.1) is 0 Å². The van der Waals surface area contributed by atoms with Crippen molar-refractivity contribution in [1.82, 2.24) is 10.2 Å². The first-order chi connectivity index (χ1) is 8.02. The molecule has 0 bridgehead atoms. The summed E-state index contributed by atoms with van der Waals surface area (Å²) < 4.78 is 0. The maximum Gasteiger partial charge on any atom is 0.0192 e. The number of rotatable bonds is 10. The SMILES string of the molecule is CCC(CSC)N(C)C(C)CNCCC(C)C. The molecule has 2 nitrogen and oxygen atoms in total. The number of likely N-dealkylation sites (N-methyl/N-ethyl adjacent to an activating group) is 1. The van der Waals surface area contributed by atoms with E-state index in [0.29, 0.717) is 12.1 Å². The minimum atomic E-state index is 0.624. The zero-order valence-electron chi connectivity index (χ0n) is 12.6. The highest BCUT2D eigenvalue weighted by Gasteiger charge is 2.17. The van der Waals surface area contributed by atoms with Crippen molar-refractivity contribution in [1.29, 1.82) is 0 Å². The monoisotopic (exact) mass is 260 g/mol. The van der Waals surface area contributed by atoms with E-state index in [9.17, 15) is 0 Å². The Morgan fingerprint density at radius 3 is 2.35 bits per heavy atom. The number of nitrogens with zero attached hydrogens (tertiary/aromatic N) is 1. The molecular formula is C14H32N2S. The van der Waals surface area contributed by atoms with E-state index in [1.807, 2.05) is 11.8 Å². The molecule has 0 radical (unpaired) electrons. The second-order valence-electron chi connectivity index (χ2n) is 5.42. The van der Waals surface area contributed by atoms with Crippen molar-refractivity contribution in [2.75, 3.05) is 32.1 Å². The lowest BCUT2D eigenvalue weighted by Gasteiger charge is -2.32. The van der Waals surface area contributed by atoms with Crippen LogP contribution in [0.15, 0.2) is 0 Å². The molecule has 0 aromatic carbocycles. The van der Waals surface area contributed by atoms with Crippen LogP contribution in [0.25, 0.3) is 0 Å². The van der Waals surface area contributed by atoms with E-state index in [1.54, 1.807) is 0 Å². The van der Waals surface area contributed by atoms with Gasteiger partial charge in [-0.3, -0.25) is 4.90 Å². The quantitative estimate of drug-likeness (QED) is 0.608. The summed E-state index contributed by atoms with van der Waals surface area (Å²) in [5, 5.41) is 3.57. The summed E-state index contributed by atoms with van der Waals surface area (Å²) >= 11 is 1.95. The van der Waals surface area contributed by atoms with Crippen LogP contribution < -0.4 is 5.32 Å². The third-order valence-electron chi connectivity index (χ3n) is 3.44. The maximum atomic E-state index is 3.57. The molecule has 0 spiro atoms. The molecule has 0 saturated heterocycles. The van der Waals surface area contributed by atoms with Crippen LogP contribution in [0.3, 0.4) is 0 Å². The Kier molecular flexibility index (Phi) is 10.4. The van der Waals surface area contributed by atoms with Crippen molar-refractivity contribution >= 4 is 11.8 Å². The largest absolute Gasteiger partial charge is 0.315 e. The van der Waals surface area contributed by atoms with Crippen LogP contribution in [0, 0.1) is 5.92 Å². The molecule has 0 aliphatic rings. The fourth-order valence-corrected chi connectivity index (χ4v) is 2.78. The van der Waals surface area contributed by atoms with Crippen LogP contribution in [0.2, 0.25) is 0 Å². The highest BCUT2D eigenvalue weighted by molar-refractivity contribution is 7.98. The van der Waals surface area contributed by atoms with Gasteiger partial charge in [-0.05, 0) is 45.5 Å². The molecule has 0 aromatic heterocycles. The first-order valence-electron chi connectivity index (χ1n) is 6.94. The lowest BCUT2D eigenvalue weighted by molar-refractivity contribution is 0.190. The van der Waals surface area contributed by atoms with Gasteiger partial charge in [0, 0.05) is 24.4 Å². The van der Waals surface area contributed by atoms with Crippen LogP contribution >= 0.6 is 11.8 Å². The van der Waals surface area contributed by atoms with Crippen LogP contribution in [0.1, 0.15) is 40.5 Å². The topological polar surface area (TPSA) is 15.3 Å². The van der Waals surface area contributed by atoms with Gasteiger partial charge in [-0.1, -0.05) is 20.8 Å². The lowest BCUT2D eigenvalue weighted by Crippen LogP contribution is -2.45. The van der Waals surface area contributed by atoms with E-state index in [2.05, 4.69) is 51.2 Å². The average molecular weight is 260 g/mol. The molecule has 2 atom stereocenters. The molecule has 3 heteroatoms. The van der Waals surface area contributed by atoms with Crippen molar-refractivity contribution in [2.24, 2.45) is 5.92 Å². The Balaban J connectivity index is 3.82. The molecule has 0 amide bonds. The van der Waals surface area contributed by atoms with Crippen LogP contribution in [-0.4, -0.2) is 49.1 Å². The number of nitrogens with one attached hydrogen (secondary N) is 1. The van der Waals surface area contributed by atoms with Gasteiger partial charge in [0.15, 0.2) is 0 Å². The van der Waals surface area contributed by atoms with E-state index in [1.165, 1.54) is 18.6 Å². The highest BCUT2D eigenvalue weighted by atomic mass is 32.2. The maximum absolute atomic E-state index is 3.57. The molecule has 17 heavy (non-hydrogen) atoms. The van der Waals surface area contributed by atoms with Gasteiger partial charge in [-0.15, -0.1) is 0 Å². The van der Waals surface area contributed by atoms with Gasteiger partial charge in [0.2, 0.25) is 0 Å². The summed E-state index contributed by atoms with van der Waals surface area (Å²) in [6.07, 6.45) is 4.72. The number of thioether (sulfide) groups is 1. The smallest absolute Gasteiger partial charge is 0.0192 e. The summed E-state index contributed by atoms with van der Waals surface area (Å²) in [5.41, 5.74) is 0. The van der Waals surface area contributed by atoms with Crippen LogP contribution in [-0.2, 0) is 0 Å². The standard InChI is InChI=1S/C14H32N2S/c1-7-14(11-17-6)16(5)13(4)10-15-9-8-12(2)3/h12-15H,7-11H2,1-6H3. The highest BCUT2D eigenvalue weighted by Crippen LogP contribution is 2.11. The molecule has 0 fully saturated rings. The molecular weight excluding hydrogens is 228 g/mol. The fraction of sp³-hybridized carbons (Fsp3) is 1.00. The summed E-state index contributed by atoms with van der Waals surface area (Å²) in [4.78, 5) is 2.53. The van der Waals surface area contributed by atoms with Crippen molar-refractivity contribution < 1.29 is 0 Å². The van der Waals surface area contributed by atoms with E-state index in [4.69, 9.17) is 0 Å². The third kappa shape index (κ3) is 8.06. The first-order valence-corrected chi connectivity index (χ1v) is 8.33. The Morgan fingerprint density at radius 1 is 1.24 bits per heavy atom. The third-order valence-corrected chi connectivity index (χ3v) is 4.16. The molecule has 2 unspecified atom stereocenters. The lowest BCUT2D eigenvalue weighted by atomic mass is 10.1. The van der Waals surface area contributed by atoms with Crippen molar-refractivity contribution in [3.05, 3.63) is 0 Å². The first kappa shape index (κ1) is 17.3. The van der Waals surface area contributed by atoms with Crippen LogP contribution in [0.4, 0.5) is 0 Å². The van der Waals surface area contributed by atoms with Gasteiger partial charge in [-0.2, -0.15) is 11.8 Å². The predicted molar refractivity (Wildman–Crippen MR) is 82.0 cm³/mol. The van der Waals surface area contributed by atoms with Gasteiger partial charge in [0.25, 0.3) is 0 Å². The number of hydrogen-bond acceptors (Lipinski definition) is 3. The predicted octanol–water partition coefficient (Wildman–Crippen LogP) is 3.08. The Bertz CT molecular complexity index is 174. The van der Waals surface area contributed by atoms with E-state index in [0.717, 1.165) is 19.0 Å².